The first-order chi connectivity index (χ1) is 9.81. The molecular weight excluding hydrogens is 244 g/mol. The Bertz CT molecular complexity index is 476. The molecule has 104 valence electrons. The van der Waals surface area contributed by atoms with E-state index in [1.807, 2.05) is 0 Å². The molecule has 1 aliphatic heterocycles. The highest BCUT2D eigenvalue weighted by Crippen LogP contribution is 2.19. The minimum Gasteiger partial charge on any atom is -0.303 e. The van der Waals surface area contributed by atoms with Crippen molar-refractivity contribution in [1.29, 1.82) is 0 Å². The molecule has 0 aromatic heterocycles. The number of rotatable bonds is 5. The maximum Gasteiger partial charge on any atom is 0.0357 e. The van der Waals surface area contributed by atoms with Crippen LogP contribution in [0.3, 0.4) is 0 Å². The van der Waals surface area contributed by atoms with E-state index < -0.39 is 0 Å². The fourth-order valence-electron chi connectivity index (χ4n) is 2.85. The predicted octanol–water partition coefficient (Wildman–Crippen LogP) is 3.00. The molecule has 0 amide bonds. The predicted molar refractivity (Wildman–Crippen MR) is 83.4 cm³/mol. The molecule has 0 unspecified atom stereocenters. The highest BCUT2D eigenvalue weighted by molar-refractivity contribution is 5.17. The Morgan fingerprint density at radius 2 is 1.30 bits per heavy atom. The molecule has 20 heavy (non-hydrogen) atoms. The van der Waals surface area contributed by atoms with Crippen LogP contribution in [-0.4, -0.2) is 36.0 Å². The van der Waals surface area contributed by atoms with E-state index in [-0.39, 0.29) is 0 Å². The Kier molecular flexibility index (Phi) is 4.14. The average molecular weight is 266 g/mol. The van der Waals surface area contributed by atoms with Gasteiger partial charge in [0, 0.05) is 32.2 Å². The quantitative estimate of drug-likeness (QED) is 0.821. The first-order valence-corrected chi connectivity index (χ1v) is 7.32. The van der Waals surface area contributed by atoms with Crippen LogP contribution in [-0.2, 0) is 13.1 Å². The molecule has 3 rings (SSSR count). The molecule has 2 nitrogen and oxygen atoms in total. The van der Waals surface area contributed by atoms with Gasteiger partial charge in [-0.2, -0.15) is 0 Å². The largest absolute Gasteiger partial charge is 0.303 e. The van der Waals surface area contributed by atoms with E-state index in [4.69, 9.17) is 0 Å². The summed E-state index contributed by atoms with van der Waals surface area (Å²) in [6.07, 6.45) is 0. The standard InChI is InChI=1S/C18H22N2/c1-19-14-18(15-19)20(12-16-8-4-2-5-9-16)13-17-10-6-3-7-11-17/h2-11,18H,12-15H2,1H3. The van der Waals surface area contributed by atoms with Crippen LogP contribution >= 0.6 is 0 Å². The maximum atomic E-state index is 2.60. The molecular formula is C18H22N2. The van der Waals surface area contributed by atoms with Gasteiger partial charge in [0.25, 0.3) is 0 Å². The van der Waals surface area contributed by atoms with Crippen LogP contribution in [0.2, 0.25) is 0 Å². The second kappa shape index (κ2) is 6.21. The van der Waals surface area contributed by atoms with Crippen molar-refractivity contribution in [3.05, 3.63) is 71.8 Å². The molecule has 2 aromatic carbocycles. The van der Waals surface area contributed by atoms with Gasteiger partial charge in [0.1, 0.15) is 0 Å². The fraction of sp³-hybridized carbons (Fsp3) is 0.333. The van der Waals surface area contributed by atoms with Crippen LogP contribution in [0.15, 0.2) is 60.7 Å². The van der Waals surface area contributed by atoms with Gasteiger partial charge >= 0.3 is 0 Å². The molecule has 0 atom stereocenters. The van der Waals surface area contributed by atoms with Gasteiger partial charge in [-0.1, -0.05) is 60.7 Å². The number of hydrogen-bond donors (Lipinski definition) is 0. The third kappa shape index (κ3) is 3.27. The van der Waals surface area contributed by atoms with Gasteiger partial charge in [-0.15, -0.1) is 0 Å². The Balaban J connectivity index is 1.71. The third-order valence-electron chi connectivity index (χ3n) is 4.02. The maximum absolute atomic E-state index is 2.60. The zero-order chi connectivity index (χ0) is 13.8. The number of nitrogens with zero attached hydrogens (tertiary/aromatic N) is 2. The summed E-state index contributed by atoms with van der Waals surface area (Å²) in [5.74, 6) is 0. The van der Waals surface area contributed by atoms with Crippen molar-refractivity contribution >= 4 is 0 Å². The summed E-state index contributed by atoms with van der Waals surface area (Å²) >= 11 is 0. The van der Waals surface area contributed by atoms with Crippen LogP contribution in [0.1, 0.15) is 11.1 Å². The van der Waals surface area contributed by atoms with Crippen molar-refractivity contribution in [2.24, 2.45) is 0 Å². The molecule has 0 saturated carbocycles. The van der Waals surface area contributed by atoms with E-state index in [9.17, 15) is 0 Å². The molecule has 1 saturated heterocycles. The first-order valence-electron chi connectivity index (χ1n) is 7.32. The minimum absolute atomic E-state index is 0.681. The lowest BCUT2D eigenvalue weighted by molar-refractivity contribution is 0.0413. The van der Waals surface area contributed by atoms with E-state index in [1.54, 1.807) is 0 Å². The molecule has 0 bridgehead atoms. The molecule has 1 aliphatic rings. The van der Waals surface area contributed by atoms with Crippen LogP contribution in [0.25, 0.3) is 0 Å². The topological polar surface area (TPSA) is 6.48 Å². The lowest BCUT2D eigenvalue weighted by atomic mass is 10.1. The monoisotopic (exact) mass is 266 g/mol. The molecule has 0 N–H and O–H groups in total. The Hall–Kier alpha value is -1.64. The molecule has 1 heterocycles. The van der Waals surface area contributed by atoms with Crippen molar-refractivity contribution in [2.45, 2.75) is 19.1 Å². The summed E-state index contributed by atoms with van der Waals surface area (Å²) in [6, 6.07) is 22.3. The van der Waals surface area contributed by atoms with Crippen LogP contribution in [0, 0.1) is 0 Å². The number of likely N-dealkylation sites (N-methyl/N-ethyl adjacent to an activating group) is 1. The third-order valence-corrected chi connectivity index (χ3v) is 4.02. The Morgan fingerprint density at radius 3 is 1.70 bits per heavy atom. The molecule has 0 aliphatic carbocycles. The SMILES string of the molecule is CN1CC(N(Cc2ccccc2)Cc2ccccc2)C1. The van der Waals surface area contributed by atoms with Gasteiger partial charge in [-0.3, -0.25) is 4.90 Å². The second-order valence-electron chi connectivity index (χ2n) is 5.75. The Morgan fingerprint density at radius 1 is 0.850 bits per heavy atom. The summed E-state index contributed by atoms with van der Waals surface area (Å²) in [4.78, 5) is 4.98. The van der Waals surface area contributed by atoms with Crippen molar-refractivity contribution in [3.63, 3.8) is 0 Å². The number of benzene rings is 2. The summed E-state index contributed by atoms with van der Waals surface area (Å²) in [6.45, 7) is 4.43. The molecule has 0 spiro atoms. The van der Waals surface area contributed by atoms with Gasteiger partial charge in [0.15, 0.2) is 0 Å². The lowest BCUT2D eigenvalue weighted by Crippen LogP contribution is -2.57. The zero-order valence-corrected chi connectivity index (χ0v) is 12.1. The van der Waals surface area contributed by atoms with E-state index in [2.05, 4.69) is 77.5 Å². The summed E-state index contributed by atoms with van der Waals surface area (Å²) in [7, 11) is 2.19. The van der Waals surface area contributed by atoms with Crippen molar-refractivity contribution in [2.75, 3.05) is 20.1 Å². The normalized spacial score (nSPS) is 16.3. The lowest BCUT2D eigenvalue weighted by Gasteiger charge is -2.44. The van der Waals surface area contributed by atoms with Crippen LogP contribution in [0.5, 0.6) is 0 Å². The molecule has 1 fully saturated rings. The van der Waals surface area contributed by atoms with Gasteiger partial charge in [0.05, 0.1) is 0 Å². The van der Waals surface area contributed by atoms with Crippen molar-refractivity contribution < 1.29 is 0 Å². The fourth-order valence-corrected chi connectivity index (χ4v) is 2.85. The van der Waals surface area contributed by atoms with Crippen LogP contribution in [0.4, 0.5) is 0 Å². The van der Waals surface area contributed by atoms with E-state index in [0.717, 1.165) is 13.1 Å². The summed E-state index contributed by atoms with van der Waals surface area (Å²) < 4.78 is 0. The van der Waals surface area contributed by atoms with Gasteiger partial charge in [-0.25, -0.2) is 0 Å². The average Bonchev–Trinajstić information content (AvgIpc) is 2.46. The molecule has 2 heteroatoms. The highest BCUT2D eigenvalue weighted by Gasteiger charge is 2.29. The van der Waals surface area contributed by atoms with Crippen molar-refractivity contribution in [1.82, 2.24) is 9.80 Å². The minimum atomic E-state index is 0.681. The number of hydrogen-bond acceptors (Lipinski definition) is 2. The summed E-state index contributed by atoms with van der Waals surface area (Å²) in [5.41, 5.74) is 2.80. The van der Waals surface area contributed by atoms with Crippen LogP contribution < -0.4 is 0 Å². The smallest absolute Gasteiger partial charge is 0.0357 e. The van der Waals surface area contributed by atoms with Gasteiger partial charge in [-0.05, 0) is 18.2 Å². The molecule has 0 radical (unpaired) electrons. The summed E-state index contributed by atoms with van der Waals surface area (Å²) in [5, 5.41) is 0. The van der Waals surface area contributed by atoms with E-state index in [0.29, 0.717) is 6.04 Å². The van der Waals surface area contributed by atoms with E-state index >= 15 is 0 Å². The first kappa shape index (κ1) is 13.3. The highest BCUT2D eigenvalue weighted by atomic mass is 15.3. The van der Waals surface area contributed by atoms with Gasteiger partial charge in [0.2, 0.25) is 0 Å². The van der Waals surface area contributed by atoms with E-state index in [1.165, 1.54) is 24.2 Å². The van der Waals surface area contributed by atoms with Crippen molar-refractivity contribution in [3.8, 4) is 0 Å². The molecule has 2 aromatic rings. The zero-order valence-electron chi connectivity index (χ0n) is 12.1. The number of likely N-dealkylation sites (tertiary alicyclic amines) is 1. The second-order valence-corrected chi connectivity index (χ2v) is 5.75. The Labute approximate surface area is 121 Å². The van der Waals surface area contributed by atoms with Gasteiger partial charge < -0.3 is 4.90 Å².